The van der Waals surface area contributed by atoms with Crippen LogP contribution in [0, 0.1) is 0 Å². The number of carbonyl (C=O) groups excluding carboxylic acids is 1. The van der Waals surface area contributed by atoms with Crippen LogP contribution in [0.5, 0.6) is 5.88 Å². The number of hydrogen-bond donors (Lipinski definition) is 0. The molecule has 1 atom stereocenters. The zero-order chi connectivity index (χ0) is 17.7. The fourth-order valence-corrected chi connectivity index (χ4v) is 2.73. The van der Waals surface area contributed by atoms with Crippen molar-refractivity contribution in [2.24, 2.45) is 0 Å². The number of rotatable bonds is 4. The minimum atomic E-state index is -4.41. The molecule has 0 bridgehead atoms. The molecule has 8 heteroatoms. The summed E-state index contributed by atoms with van der Waals surface area (Å²) >= 11 is 0. The highest BCUT2D eigenvalue weighted by molar-refractivity contribution is 5.94. The Morgan fingerprint density at radius 2 is 2.08 bits per heavy atom. The molecule has 0 aliphatic carbocycles. The lowest BCUT2D eigenvalue weighted by atomic mass is 10.1. The molecule has 2 heterocycles. The molecule has 134 valence electrons. The molecule has 0 saturated carbocycles. The van der Waals surface area contributed by atoms with Crippen LogP contribution in [0.4, 0.5) is 13.2 Å². The van der Waals surface area contributed by atoms with E-state index in [1.807, 2.05) is 14.1 Å². The number of alkyl halides is 3. The van der Waals surface area contributed by atoms with Gasteiger partial charge in [-0.25, -0.2) is 4.98 Å². The van der Waals surface area contributed by atoms with Crippen molar-refractivity contribution in [3.8, 4) is 5.88 Å². The summed E-state index contributed by atoms with van der Waals surface area (Å²) < 4.78 is 40.8. The summed E-state index contributed by atoms with van der Waals surface area (Å²) in [5.74, 6) is -0.295. The standard InChI is InChI=1S/C16H22F3N3O2/c1-21(2)13-4-3-8-22(9-7-13)15(23)12-5-6-14(20-10-12)24-11-16(17,18)19/h5-6,10,13H,3-4,7-9,11H2,1-2H3/t13-/m1/s1. The lowest BCUT2D eigenvalue weighted by Gasteiger charge is -2.23. The Hall–Kier alpha value is -1.83. The van der Waals surface area contributed by atoms with Gasteiger partial charge in [0, 0.05) is 31.4 Å². The van der Waals surface area contributed by atoms with E-state index in [-0.39, 0.29) is 11.8 Å². The molecule has 2 rings (SSSR count). The lowest BCUT2D eigenvalue weighted by Crippen LogP contribution is -2.33. The second-order valence-electron chi connectivity index (χ2n) is 6.13. The number of carbonyl (C=O) groups is 1. The van der Waals surface area contributed by atoms with Crippen molar-refractivity contribution in [2.45, 2.75) is 31.5 Å². The monoisotopic (exact) mass is 345 g/mol. The SMILES string of the molecule is CN(C)[C@@H]1CCCN(C(=O)c2ccc(OCC(F)(F)F)nc2)CC1. The van der Waals surface area contributed by atoms with E-state index in [2.05, 4.69) is 14.6 Å². The number of ether oxygens (including phenoxy) is 1. The minimum absolute atomic E-state index is 0.146. The first-order valence-electron chi connectivity index (χ1n) is 7.87. The smallest absolute Gasteiger partial charge is 0.422 e. The summed E-state index contributed by atoms with van der Waals surface area (Å²) in [7, 11) is 4.07. The molecule has 0 unspecified atom stereocenters. The van der Waals surface area contributed by atoms with Gasteiger partial charge in [-0.2, -0.15) is 13.2 Å². The Bertz CT molecular complexity index is 546. The first kappa shape index (κ1) is 18.5. The Labute approximate surface area is 139 Å². The van der Waals surface area contributed by atoms with E-state index in [0.29, 0.717) is 24.7 Å². The van der Waals surface area contributed by atoms with Gasteiger partial charge in [-0.1, -0.05) is 0 Å². The second-order valence-corrected chi connectivity index (χ2v) is 6.13. The van der Waals surface area contributed by atoms with E-state index < -0.39 is 12.8 Å². The average Bonchev–Trinajstić information content (AvgIpc) is 2.78. The average molecular weight is 345 g/mol. The third kappa shape index (κ3) is 5.36. The number of amides is 1. The quantitative estimate of drug-likeness (QED) is 0.841. The molecule has 1 aliphatic heterocycles. The van der Waals surface area contributed by atoms with Crippen LogP contribution in [0.2, 0.25) is 0 Å². The third-order valence-electron chi connectivity index (χ3n) is 4.08. The molecule has 0 radical (unpaired) electrons. The number of nitrogens with zero attached hydrogens (tertiary/aromatic N) is 3. The minimum Gasteiger partial charge on any atom is -0.468 e. The Kier molecular flexibility index (Phi) is 6.04. The maximum Gasteiger partial charge on any atom is 0.422 e. The van der Waals surface area contributed by atoms with E-state index in [4.69, 9.17) is 0 Å². The number of pyridine rings is 1. The van der Waals surface area contributed by atoms with Crippen LogP contribution in [0.1, 0.15) is 29.6 Å². The van der Waals surface area contributed by atoms with Gasteiger partial charge in [0.05, 0.1) is 5.56 Å². The Balaban J connectivity index is 1.94. The summed E-state index contributed by atoms with van der Waals surface area (Å²) in [6, 6.07) is 3.20. The number of halogens is 3. The van der Waals surface area contributed by atoms with Crippen LogP contribution in [0.3, 0.4) is 0 Å². The molecule has 0 aromatic carbocycles. The fraction of sp³-hybridized carbons (Fsp3) is 0.625. The molecule has 0 N–H and O–H groups in total. The van der Waals surface area contributed by atoms with Crippen molar-refractivity contribution < 1.29 is 22.7 Å². The highest BCUT2D eigenvalue weighted by Crippen LogP contribution is 2.19. The van der Waals surface area contributed by atoms with Gasteiger partial charge in [-0.05, 0) is 39.4 Å². The van der Waals surface area contributed by atoms with Crippen LogP contribution >= 0.6 is 0 Å². The third-order valence-corrected chi connectivity index (χ3v) is 4.08. The predicted octanol–water partition coefficient (Wildman–Crippen LogP) is 2.58. The second kappa shape index (κ2) is 7.83. The van der Waals surface area contributed by atoms with Crippen molar-refractivity contribution in [2.75, 3.05) is 33.8 Å². The maximum absolute atomic E-state index is 12.5. The lowest BCUT2D eigenvalue weighted by molar-refractivity contribution is -0.154. The van der Waals surface area contributed by atoms with Gasteiger partial charge in [0.2, 0.25) is 5.88 Å². The Morgan fingerprint density at radius 1 is 1.33 bits per heavy atom. The molecular formula is C16H22F3N3O2. The van der Waals surface area contributed by atoms with Crippen LogP contribution in [-0.2, 0) is 0 Å². The van der Waals surface area contributed by atoms with Crippen molar-refractivity contribution in [3.05, 3.63) is 23.9 Å². The summed E-state index contributed by atoms with van der Waals surface area (Å²) in [5.41, 5.74) is 0.359. The number of hydrogen-bond acceptors (Lipinski definition) is 4. The van der Waals surface area contributed by atoms with Gasteiger partial charge < -0.3 is 14.5 Å². The molecular weight excluding hydrogens is 323 g/mol. The molecule has 1 saturated heterocycles. The van der Waals surface area contributed by atoms with Crippen LogP contribution in [-0.4, -0.2) is 66.7 Å². The van der Waals surface area contributed by atoms with Gasteiger partial charge in [0.1, 0.15) is 0 Å². The Morgan fingerprint density at radius 3 is 2.67 bits per heavy atom. The van der Waals surface area contributed by atoms with E-state index in [1.54, 1.807) is 4.90 Å². The van der Waals surface area contributed by atoms with Gasteiger partial charge in [-0.15, -0.1) is 0 Å². The van der Waals surface area contributed by atoms with E-state index in [1.165, 1.54) is 18.3 Å². The largest absolute Gasteiger partial charge is 0.468 e. The van der Waals surface area contributed by atoms with E-state index in [9.17, 15) is 18.0 Å². The van der Waals surface area contributed by atoms with Crippen LogP contribution in [0.25, 0.3) is 0 Å². The molecule has 1 aliphatic rings. The first-order valence-corrected chi connectivity index (χ1v) is 7.87. The van der Waals surface area contributed by atoms with Gasteiger partial charge >= 0.3 is 6.18 Å². The van der Waals surface area contributed by atoms with Gasteiger partial charge in [0.25, 0.3) is 5.91 Å². The predicted molar refractivity (Wildman–Crippen MR) is 83.0 cm³/mol. The van der Waals surface area contributed by atoms with Crippen molar-refractivity contribution in [1.82, 2.24) is 14.8 Å². The maximum atomic E-state index is 12.5. The molecule has 24 heavy (non-hydrogen) atoms. The van der Waals surface area contributed by atoms with E-state index in [0.717, 1.165) is 19.3 Å². The highest BCUT2D eigenvalue weighted by Gasteiger charge is 2.28. The van der Waals surface area contributed by atoms with E-state index >= 15 is 0 Å². The van der Waals surface area contributed by atoms with Crippen molar-refractivity contribution >= 4 is 5.91 Å². The number of aromatic nitrogens is 1. The van der Waals surface area contributed by atoms with Gasteiger partial charge in [0.15, 0.2) is 6.61 Å². The zero-order valence-corrected chi connectivity index (χ0v) is 13.8. The molecule has 1 amide bonds. The van der Waals surface area contributed by atoms with Gasteiger partial charge in [-0.3, -0.25) is 4.79 Å². The zero-order valence-electron chi connectivity index (χ0n) is 13.8. The molecule has 1 fully saturated rings. The normalized spacial score (nSPS) is 19.2. The summed E-state index contributed by atoms with van der Waals surface area (Å²) in [4.78, 5) is 20.2. The summed E-state index contributed by atoms with van der Waals surface area (Å²) in [6.45, 7) is -0.0607. The first-order chi connectivity index (χ1) is 11.3. The highest BCUT2D eigenvalue weighted by atomic mass is 19.4. The molecule has 1 aromatic rings. The van der Waals surface area contributed by atoms with Crippen molar-refractivity contribution in [1.29, 1.82) is 0 Å². The topological polar surface area (TPSA) is 45.7 Å². The molecule has 0 spiro atoms. The van der Waals surface area contributed by atoms with Crippen molar-refractivity contribution in [3.63, 3.8) is 0 Å². The summed E-state index contributed by atoms with van der Waals surface area (Å²) in [5, 5.41) is 0. The number of likely N-dealkylation sites (tertiary alicyclic amines) is 1. The summed E-state index contributed by atoms with van der Waals surface area (Å²) in [6.07, 6.45) is -0.277. The molecule has 5 nitrogen and oxygen atoms in total. The fourth-order valence-electron chi connectivity index (χ4n) is 2.73. The van der Waals surface area contributed by atoms with Crippen LogP contribution in [0.15, 0.2) is 18.3 Å². The molecule has 1 aromatic heterocycles. The van der Waals surface area contributed by atoms with Crippen LogP contribution < -0.4 is 4.74 Å².